The molecule has 1 atom stereocenters. The molecular weight excluding hydrogens is 342 g/mol. The van der Waals surface area contributed by atoms with Crippen molar-refractivity contribution in [1.82, 2.24) is 5.32 Å². The molecule has 138 valence electrons. The van der Waals surface area contributed by atoms with Crippen molar-refractivity contribution in [2.75, 3.05) is 0 Å². The summed E-state index contributed by atoms with van der Waals surface area (Å²) >= 11 is 0. The normalized spacial score (nSPS) is 19.6. The summed E-state index contributed by atoms with van der Waals surface area (Å²) in [5.74, 6) is -0.307. The number of allylic oxidation sites excluding steroid dienone is 3. The van der Waals surface area contributed by atoms with Crippen molar-refractivity contribution in [3.8, 4) is 0 Å². The zero-order chi connectivity index (χ0) is 18.8. The van der Waals surface area contributed by atoms with Gasteiger partial charge in [0, 0.05) is 23.4 Å². The maximum absolute atomic E-state index is 13.0. The van der Waals surface area contributed by atoms with Crippen LogP contribution in [0.15, 0.2) is 75.7 Å². The minimum Gasteiger partial charge on any atom is -0.468 e. The molecule has 0 saturated carbocycles. The van der Waals surface area contributed by atoms with E-state index in [0.717, 1.165) is 24.1 Å². The summed E-state index contributed by atoms with van der Waals surface area (Å²) in [4.78, 5) is 25.6. The average molecular weight is 363 g/mol. The molecule has 0 bridgehead atoms. The zero-order valence-electron chi connectivity index (χ0n) is 15.2. The number of ether oxygens (including phenoxy) is 1. The Hall–Kier alpha value is -3.08. The number of Topliss-reactive ketones (excluding diaryl/α,β-unsaturated/α-hetero) is 1. The Morgan fingerprint density at radius 2 is 2.00 bits per heavy atom. The highest BCUT2D eigenvalue weighted by Gasteiger charge is 2.40. The molecule has 0 radical (unpaired) electrons. The van der Waals surface area contributed by atoms with Gasteiger partial charge in [0.1, 0.15) is 12.4 Å². The van der Waals surface area contributed by atoms with Gasteiger partial charge in [0.2, 0.25) is 0 Å². The van der Waals surface area contributed by atoms with E-state index >= 15 is 0 Å². The topological polar surface area (TPSA) is 68.5 Å². The Morgan fingerprint density at radius 1 is 1.19 bits per heavy atom. The molecule has 0 fully saturated rings. The third-order valence-electron chi connectivity index (χ3n) is 5.04. The van der Waals surface area contributed by atoms with Crippen LogP contribution in [0.2, 0.25) is 0 Å². The molecule has 5 nitrogen and oxygen atoms in total. The third-order valence-corrected chi connectivity index (χ3v) is 5.04. The lowest BCUT2D eigenvalue weighted by molar-refractivity contribution is -0.140. The first-order chi connectivity index (χ1) is 13.1. The van der Waals surface area contributed by atoms with Crippen LogP contribution in [-0.4, -0.2) is 11.8 Å². The van der Waals surface area contributed by atoms with E-state index in [1.165, 1.54) is 0 Å². The standard InChI is InChI=1S/C22H21NO4/c1-14-19(22(25)27-13-15-7-3-2-4-8-15)21(18-11-6-12-26-18)20-16(23-14)9-5-10-17(20)24/h2-4,6-8,11-12,21,23H,5,9-10,13H2,1H3. The Balaban J connectivity index is 1.67. The monoisotopic (exact) mass is 363 g/mol. The molecule has 27 heavy (non-hydrogen) atoms. The van der Waals surface area contributed by atoms with Gasteiger partial charge in [-0.1, -0.05) is 30.3 Å². The number of carbonyl (C=O) groups is 2. The van der Waals surface area contributed by atoms with Crippen molar-refractivity contribution < 1.29 is 18.7 Å². The maximum atomic E-state index is 13.0. The molecular formula is C22H21NO4. The van der Waals surface area contributed by atoms with Gasteiger partial charge in [-0.3, -0.25) is 4.79 Å². The Bertz CT molecular complexity index is 922. The zero-order valence-corrected chi connectivity index (χ0v) is 15.2. The predicted octanol–water partition coefficient (Wildman–Crippen LogP) is 3.99. The van der Waals surface area contributed by atoms with Crippen LogP contribution in [0.5, 0.6) is 0 Å². The highest BCUT2D eigenvalue weighted by atomic mass is 16.5. The van der Waals surface area contributed by atoms with E-state index in [2.05, 4.69) is 5.32 Å². The third kappa shape index (κ3) is 3.33. The molecule has 1 aromatic carbocycles. The number of hydrogen-bond donors (Lipinski definition) is 1. The van der Waals surface area contributed by atoms with Gasteiger partial charge in [-0.15, -0.1) is 0 Å². The van der Waals surface area contributed by atoms with Crippen LogP contribution >= 0.6 is 0 Å². The summed E-state index contributed by atoms with van der Waals surface area (Å²) in [6.07, 6.45) is 3.66. The summed E-state index contributed by atoms with van der Waals surface area (Å²) < 4.78 is 11.2. The summed E-state index contributed by atoms with van der Waals surface area (Å²) in [5, 5.41) is 3.27. The number of rotatable bonds is 4. The minimum atomic E-state index is -0.521. The largest absolute Gasteiger partial charge is 0.468 e. The average Bonchev–Trinajstić information content (AvgIpc) is 3.20. The van der Waals surface area contributed by atoms with E-state index in [0.29, 0.717) is 29.0 Å². The van der Waals surface area contributed by atoms with Crippen molar-refractivity contribution in [2.24, 2.45) is 0 Å². The second-order valence-corrected chi connectivity index (χ2v) is 6.84. The number of carbonyl (C=O) groups excluding carboxylic acids is 2. The van der Waals surface area contributed by atoms with Crippen molar-refractivity contribution in [3.63, 3.8) is 0 Å². The van der Waals surface area contributed by atoms with E-state index in [4.69, 9.17) is 9.15 Å². The van der Waals surface area contributed by atoms with Crippen LogP contribution in [0.3, 0.4) is 0 Å². The number of hydrogen-bond acceptors (Lipinski definition) is 5. The molecule has 0 spiro atoms. The Labute approximate surface area is 157 Å². The molecule has 2 aromatic rings. The van der Waals surface area contributed by atoms with Crippen molar-refractivity contribution in [1.29, 1.82) is 0 Å². The number of furan rings is 1. The smallest absolute Gasteiger partial charge is 0.337 e. The molecule has 0 saturated heterocycles. The van der Waals surface area contributed by atoms with Crippen LogP contribution in [0, 0.1) is 0 Å². The Kier molecular flexibility index (Phi) is 4.67. The number of ketones is 1. The lowest BCUT2D eigenvalue weighted by Gasteiger charge is -2.32. The predicted molar refractivity (Wildman–Crippen MR) is 99.4 cm³/mol. The van der Waals surface area contributed by atoms with E-state index < -0.39 is 11.9 Å². The van der Waals surface area contributed by atoms with E-state index in [1.54, 1.807) is 18.4 Å². The van der Waals surface area contributed by atoms with Crippen molar-refractivity contribution in [3.05, 3.63) is 82.6 Å². The van der Waals surface area contributed by atoms with Gasteiger partial charge in [0.05, 0.1) is 17.8 Å². The molecule has 2 heterocycles. The van der Waals surface area contributed by atoms with Gasteiger partial charge in [-0.25, -0.2) is 4.79 Å². The van der Waals surface area contributed by atoms with Gasteiger partial charge >= 0.3 is 5.97 Å². The number of dihydropyridines is 1. The first-order valence-corrected chi connectivity index (χ1v) is 9.13. The van der Waals surface area contributed by atoms with Gasteiger partial charge in [0.15, 0.2) is 5.78 Å². The fourth-order valence-electron chi connectivity index (χ4n) is 3.79. The van der Waals surface area contributed by atoms with E-state index in [9.17, 15) is 9.59 Å². The molecule has 1 aliphatic heterocycles. The van der Waals surface area contributed by atoms with Gasteiger partial charge in [-0.2, -0.15) is 0 Å². The number of benzene rings is 1. The number of esters is 1. The van der Waals surface area contributed by atoms with Crippen LogP contribution in [0.4, 0.5) is 0 Å². The van der Waals surface area contributed by atoms with Crippen molar-refractivity contribution in [2.45, 2.75) is 38.7 Å². The lowest BCUT2D eigenvalue weighted by atomic mass is 9.77. The SMILES string of the molecule is CC1=C(C(=O)OCc2ccccc2)C(c2ccco2)C2=C(CCCC2=O)N1. The van der Waals surface area contributed by atoms with E-state index in [-0.39, 0.29) is 12.4 Å². The molecule has 1 aromatic heterocycles. The molecule has 1 aliphatic carbocycles. The van der Waals surface area contributed by atoms with Crippen LogP contribution < -0.4 is 5.32 Å². The van der Waals surface area contributed by atoms with Crippen LogP contribution in [0.25, 0.3) is 0 Å². The maximum Gasteiger partial charge on any atom is 0.337 e. The van der Waals surface area contributed by atoms with Gasteiger partial charge < -0.3 is 14.5 Å². The molecule has 1 N–H and O–H groups in total. The highest BCUT2D eigenvalue weighted by molar-refractivity contribution is 6.03. The summed E-state index contributed by atoms with van der Waals surface area (Å²) in [5.41, 5.74) is 3.59. The summed E-state index contributed by atoms with van der Waals surface area (Å²) in [6.45, 7) is 2.03. The molecule has 1 unspecified atom stereocenters. The van der Waals surface area contributed by atoms with Crippen LogP contribution in [0.1, 0.15) is 43.4 Å². The fourth-order valence-corrected chi connectivity index (χ4v) is 3.79. The molecule has 5 heteroatoms. The Morgan fingerprint density at radius 3 is 2.74 bits per heavy atom. The summed E-state index contributed by atoms with van der Waals surface area (Å²) in [7, 11) is 0. The fraction of sp³-hybridized carbons (Fsp3) is 0.273. The van der Waals surface area contributed by atoms with Gasteiger partial charge in [0.25, 0.3) is 0 Å². The molecule has 0 amide bonds. The second kappa shape index (κ2) is 7.27. The van der Waals surface area contributed by atoms with E-state index in [1.807, 2.05) is 37.3 Å². The quantitative estimate of drug-likeness (QED) is 0.832. The van der Waals surface area contributed by atoms with Crippen LogP contribution in [-0.2, 0) is 20.9 Å². The minimum absolute atomic E-state index is 0.0611. The van der Waals surface area contributed by atoms with Gasteiger partial charge in [-0.05, 0) is 37.5 Å². The first kappa shape index (κ1) is 17.3. The lowest BCUT2D eigenvalue weighted by Crippen LogP contribution is -2.34. The summed E-state index contributed by atoms with van der Waals surface area (Å²) in [6, 6.07) is 13.1. The first-order valence-electron chi connectivity index (χ1n) is 9.13. The van der Waals surface area contributed by atoms with Crippen molar-refractivity contribution >= 4 is 11.8 Å². The second-order valence-electron chi connectivity index (χ2n) is 6.84. The molecule has 4 rings (SSSR count). The molecule has 2 aliphatic rings. The number of nitrogens with one attached hydrogen (secondary N) is 1. The highest BCUT2D eigenvalue weighted by Crippen LogP contribution is 2.42.